The Balaban J connectivity index is 2.81. The van der Waals surface area contributed by atoms with E-state index in [0.29, 0.717) is 11.4 Å². The maximum atomic E-state index is 10.8. The molecular formula is C9H8N2O2. The van der Waals surface area contributed by atoms with E-state index < -0.39 is 0 Å². The molecule has 0 saturated heterocycles. The minimum atomic E-state index is 0.352. The lowest BCUT2D eigenvalue weighted by molar-refractivity contribution is 0.112. The number of methoxy groups -OCH3 is 1. The molecule has 4 heteroatoms. The minimum Gasteiger partial charge on any atom is -0.480 e. The van der Waals surface area contributed by atoms with Crippen molar-refractivity contribution in [3.8, 4) is 5.88 Å². The quantitative estimate of drug-likeness (QED) is 0.703. The topological polar surface area (TPSA) is 55.0 Å². The van der Waals surface area contributed by atoms with E-state index in [1.807, 2.05) is 6.07 Å². The highest BCUT2D eigenvalue weighted by atomic mass is 16.5. The maximum absolute atomic E-state index is 10.8. The van der Waals surface area contributed by atoms with Gasteiger partial charge in [0.25, 0.3) is 0 Å². The van der Waals surface area contributed by atoms with Crippen LogP contribution in [0.4, 0.5) is 0 Å². The van der Waals surface area contributed by atoms with E-state index in [1.54, 1.807) is 12.4 Å². The summed E-state index contributed by atoms with van der Waals surface area (Å²) in [6, 6.07) is 1.86. The van der Waals surface area contributed by atoms with Crippen molar-refractivity contribution in [3.05, 3.63) is 24.0 Å². The standard InChI is InChI=1S/C9H8N2O2/c1-13-9-7(5-12)8-6(4-11-9)2-3-10-8/h2-5,10H,1H3. The van der Waals surface area contributed by atoms with E-state index in [9.17, 15) is 4.79 Å². The second kappa shape index (κ2) is 2.90. The van der Waals surface area contributed by atoms with Crippen LogP contribution in [0.5, 0.6) is 5.88 Å². The summed E-state index contributed by atoms with van der Waals surface area (Å²) in [4.78, 5) is 17.7. The summed E-state index contributed by atoms with van der Waals surface area (Å²) < 4.78 is 4.95. The number of fused-ring (bicyclic) bond motifs is 1. The highest BCUT2D eigenvalue weighted by Crippen LogP contribution is 2.21. The third kappa shape index (κ3) is 1.07. The lowest BCUT2D eigenvalue weighted by atomic mass is 10.2. The largest absolute Gasteiger partial charge is 0.480 e. The van der Waals surface area contributed by atoms with Crippen molar-refractivity contribution >= 4 is 17.2 Å². The Bertz CT molecular complexity index is 448. The Hall–Kier alpha value is -1.84. The number of nitrogens with one attached hydrogen (secondary N) is 1. The summed E-state index contributed by atoms with van der Waals surface area (Å²) in [6.45, 7) is 0. The molecule has 13 heavy (non-hydrogen) atoms. The number of ether oxygens (including phenoxy) is 1. The zero-order valence-corrected chi connectivity index (χ0v) is 7.07. The van der Waals surface area contributed by atoms with Crippen molar-refractivity contribution in [1.29, 1.82) is 0 Å². The molecule has 0 unspecified atom stereocenters. The van der Waals surface area contributed by atoms with E-state index in [1.165, 1.54) is 7.11 Å². The second-order valence-electron chi connectivity index (χ2n) is 2.61. The molecular weight excluding hydrogens is 168 g/mol. The average Bonchev–Trinajstić information content (AvgIpc) is 2.63. The van der Waals surface area contributed by atoms with Gasteiger partial charge in [-0.1, -0.05) is 0 Å². The fourth-order valence-electron chi connectivity index (χ4n) is 1.30. The minimum absolute atomic E-state index is 0.352. The van der Waals surface area contributed by atoms with Gasteiger partial charge in [-0.05, 0) is 6.07 Å². The summed E-state index contributed by atoms with van der Waals surface area (Å²) in [5.74, 6) is 0.352. The lowest BCUT2D eigenvalue weighted by Gasteiger charge is -2.01. The summed E-state index contributed by atoms with van der Waals surface area (Å²) in [7, 11) is 1.49. The number of rotatable bonds is 2. The summed E-state index contributed by atoms with van der Waals surface area (Å²) in [6.07, 6.45) is 4.17. The summed E-state index contributed by atoms with van der Waals surface area (Å²) >= 11 is 0. The molecule has 0 aliphatic rings. The van der Waals surface area contributed by atoms with Crippen molar-refractivity contribution in [1.82, 2.24) is 9.97 Å². The number of hydrogen-bond donors (Lipinski definition) is 1. The molecule has 0 aliphatic carbocycles. The molecule has 0 radical (unpaired) electrons. The molecule has 0 aromatic carbocycles. The number of carbonyl (C=O) groups is 1. The first kappa shape index (κ1) is 7.79. The molecule has 2 aromatic rings. The molecule has 2 aromatic heterocycles. The zero-order chi connectivity index (χ0) is 9.26. The highest BCUT2D eigenvalue weighted by molar-refractivity contribution is 5.97. The number of carbonyl (C=O) groups excluding carboxylic acids is 1. The third-order valence-electron chi connectivity index (χ3n) is 1.91. The SMILES string of the molecule is COc1ncc2cc[nH]c2c1C=O. The Labute approximate surface area is 74.5 Å². The average molecular weight is 176 g/mol. The van der Waals surface area contributed by atoms with Crippen LogP contribution in [-0.4, -0.2) is 23.4 Å². The first-order valence-electron chi connectivity index (χ1n) is 3.82. The maximum Gasteiger partial charge on any atom is 0.225 e. The number of aromatic nitrogens is 2. The third-order valence-corrected chi connectivity index (χ3v) is 1.91. The van der Waals surface area contributed by atoms with Crippen LogP contribution >= 0.6 is 0 Å². The van der Waals surface area contributed by atoms with E-state index in [2.05, 4.69) is 9.97 Å². The van der Waals surface area contributed by atoms with Crippen LogP contribution < -0.4 is 4.74 Å². The first-order chi connectivity index (χ1) is 6.36. The number of H-pyrrole nitrogens is 1. The Morgan fingerprint density at radius 1 is 1.62 bits per heavy atom. The Morgan fingerprint density at radius 3 is 3.15 bits per heavy atom. The molecule has 0 spiro atoms. The van der Waals surface area contributed by atoms with Gasteiger partial charge in [-0.25, -0.2) is 4.98 Å². The van der Waals surface area contributed by atoms with E-state index in [-0.39, 0.29) is 0 Å². The fourth-order valence-corrected chi connectivity index (χ4v) is 1.30. The molecule has 0 atom stereocenters. The fraction of sp³-hybridized carbons (Fsp3) is 0.111. The van der Waals surface area contributed by atoms with Gasteiger partial charge in [0.1, 0.15) is 5.56 Å². The number of aromatic amines is 1. The van der Waals surface area contributed by atoms with Crippen molar-refractivity contribution in [2.75, 3.05) is 7.11 Å². The molecule has 2 heterocycles. The predicted octanol–water partition coefficient (Wildman–Crippen LogP) is 1.38. The van der Waals surface area contributed by atoms with E-state index >= 15 is 0 Å². The van der Waals surface area contributed by atoms with Gasteiger partial charge < -0.3 is 9.72 Å². The molecule has 0 bridgehead atoms. The van der Waals surface area contributed by atoms with Gasteiger partial charge >= 0.3 is 0 Å². The lowest BCUT2D eigenvalue weighted by Crippen LogP contribution is -1.94. The molecule has 0 saturated carbocycles. The number of hydrogen-bond acceptors (Lipinski definition) is 3. The number of nitrogens with zero attached hydrogens (tertiary/aromatic N) is 1. The summed E-state index contributed by atoms with van der Waals surface area (Å²) in [5, 5.41) is 0.905. The predicted molar refractivity (Wildman–Crippen MR) is 48.0 cm³/mol. The van der Waals surface area contributed by atoms with Crippen LogP contribution in [0.3, 0.4) is 0 Å². The smallest absolute Gasteiger partial charge is 0.225 e. The molecule has 0 aliphatic heterocycles. The summed E-state index contributed by atoms with van der Waals surface area (Å²) in [5.41, 5.74) is 1.23. The molecule has 1 N–H and O–H groups in total. The van der Waals surface area contributed by atoms with Crippen LogP contribution in [0.25, 0.3) is 10.9 Å². The zero-order valence-electron chi connectivity index (χ0n) is 7.07. The molecule has 2 rings (SSSR count). The molecule has 0 fully saturated rings. The van der Waals surface area contributed by atoms with Crippen LogP contribution in [0.1, 0.15) is 10.4 Å². The van der Waals surface area contributed by atoms with Gasteiger partial charge in [-0.15, -0.1) is 0 Å². The van der Waals surface area contributed by atoms with Crippen LogP contribution in [0, 0.1) is 0 Å². The van der Waals surface area contributed by atoms with Gasteiger partial charge in [0.2, 0.25) is 5.88 Å². The van der Waals surface area contributed by atoms with Crippen LogP contribution in [0.2, 0.25) is 0 Å². The van der Waals surface area contributed by atoms with E-state index in [4.69, 9.17) is 4.74 Å². The molecule has 66 valence electrons. The van der Waals surface area contributed by atoms with Gasteiger partial charge in [0.15, 0.2) is 6.29 Å². The van der Waals surface area contributed by atoms with Gasteiger partial charge in [0.05, 0.1) is 12.6 Å². The van der Waals surface area contributed by atoms with Crippen LogP contribution in [-0.2, 0) is 0 Å². The molecule has 0 amide bonds. The van der Waals surface area contributed by atoms with Crippen LogP contribution in [0.15, 0.2) is 18.5 Å². The Morgan fingerprint density at radius 2 is 2.46 bits per heavy atom. The van der Waals surface area contributed by atoms with Crippen molar-refractivity contribution in [2.24, 2.45) is 0 Å². The van der Waals surface area contributed by atoms with Gasteiger partial charge in [-0.3, -0.25) is 4.79 Å². The van der Waals surface area contributed by atoms with E-state index in [0.717, 1.165) is 17.2 Å². The second-order valence-corrected chi connectivity index (χ2v) is 2.61. The molecule has 4 nitrogen and oxygen atoms in total. The van der Waals surface area contributed by atoms with Crippen molar-refractivity contribution in [2.45, 2.75) is 0 Å². The highest BCUT2D eigenvalue weighted by Gasteiger charge is 2.08. The van der Waals surface area contributed by atoms with Gasteiger partial charge in [0, 0.05) is 17.8 Å². The van der Waals surface area contributed by atoms with Crippen molar-refractivity contribution < 1.29 is 9.53 Å². The normalized spacial score (nSPS) is 10.2. The first-order valence-corrected chi connectivity index (χ1v) is 3.82. The number of pyridine rings is 1. The monoisotopic (exact) mass is 176 g/mol. The number of aldehydes is 1. The van der Waals surface area contributed by atoms with Gasteiger partial charge in [-0.2, -0.15) is 0 Å². The van der Waals surface area contributed by atoms with Crippen molar-refractivity contribution in [3.63, 3.8) is 0 Å². The Kier molecular flexibility index (Phi) is 1.73.